The van der Waals surface area contributed by atoms with E-state index in [0.29, 0.717) is 5.75 Å². The molecular formula is C20H20F3NO4. The lowest BCUT2D eigenvalue weighted by Gasteiger charge is -2.14. The minimum Gasteiger partial charge on any atom is -0.482 e. The maximum Gasteiger partial charge on any atom is 0.416 e. The second-order valence-corrected chi connectivity index (χ2v) is 6.31. The summed E-state index contributed by atoms with van der Waals surface area (Å²) < 4.78 is 48.0. The molecule has 1 amide bonds. The van der Waals surface area contributed by atoms with Gasteiger partial charge >= 0.3 is 12.1 Å². The molecule has 2 rings (SSSR count). The highest BCUT2D eigenvalue weighted by Gasteiger charge is 2.30. The van der Waals surface area contributed by atoms with Gasteiger partial charge in [0.1, 0.15) is 5.75 Å². The highest BCUT2D eigenvalue weighted by Crippen LogP contribution is 2.29. The predicted molar refractivity (Wildman–Crippen MR) is 97.0 cm³/mol. The van der Waals surface area contributed by atoms with Crippen LogP contribution in [-0.4, -0.2) is 24.6 Å². The molecule has 2 aromatic carbocycles. The molecule has 0 aliphatic heterocycles. The van der Waals surface area contributed by atoms with Crippen molar-refractivity contribution < 1.29 is 32.2 Å². The zero-order valence-corrected chi connectivity index (χ0v) is 15.6. The molecule has 0 heterocycles. The van der Waals surface area contributed by atoms with Gasteiger partial charge in [0.25, 0.3) is 5.91 Å². The van der Waals surface area contributed by atoms with E-state index >= 15 is 0 Å². The van der Waals surface area contributed by atoms with E-state index in [2.05, 4.69) is 5.32 Å². The van der Waals surface area contributed by atoms with Gasteiger partial charge < -0.3 is 14.8 Å². The number of esters is 1. The fourth-order valence-electron chi connectivity index (χ4n) is 2.43. The third-order valence-corrected chi connectivity index (χ3v) is 3.71. The fraction of sp³-hybridized carbons (Fsp3) is 0.300. The number of anilines is 1. The Morgan fingerprint density at radius 3 is 2.14 bits per heavy atom. The molecule has 5 nitrogen and oxygen atoms in total. The minimum atomic E-state index is -4.46. The molecule has 0 aromatic heterocycles. The van der Waals surface area contributed by atoms with Gasteiger partial charge in [-0.05, 0) is 68.3 Å². The number of carbonyl (C=O) groups is 2. The third kappa shape index (κ3) is 6.29. The van der Waals surface area contributed by atoms with Crippen LogP contribution in [0, 0.1) is 13.8 Å². The summed E-state index contributed by atoms with van der Waals surface area (Å²) in [5.41, 5.74) is 1.29. The first kappa shape index (κ1) is 21.3. The van der Waals surface area contributed by atoms with Gasteiger partial charge in [0.05, 0.1) is 5.56 Å². The molecule has 1 N–H and O–H groups in total. The van der Waals surface area contributed by atoms with Crippen molar-refractivity contribution in [3.8, 4) is 5.75 Å². The summed E-state index contributed by atoms with van der Waals surface area (Å²) in [6.45, 7) is 4.77. The molecule has 0 spiro atoms. The molecule has 2 aromatic rings. The number of nitrogens with one attached hydrogen (secondary N) is 1. The highest BCUT2D eigenvalue weighted by molar-refractivity contribution is 5.95. The molecule has 0 aliphatic carbocycles. The van der Waals surface area contributed by atoms with E-state index in [0.717, 1.165) is 35.4 Å². The van der Waals surface area contributed by atoms with Crippen molar-refractivity contribution in [3.05, 3.63) is 59.2 Å². The van der Waals surface area contributed by atoms with E-state index in [1.807, 2.05) is 19.9 Å². The largest absolute Gasteiger partial charge is 0.482 e. The molecular weight excluding hydrogens is 375 g/mol. The van der Waals surface area contributed by atoms with Crippen LogP contribution in [0.25, 0.3) is 0 Å². The second kappa shape index (κ2) is 8.77. The number of hydrogen-bond donors (Lipinski definition) is 1. The Bertz CT molecular complexity index is 827. The second-order valence-electron chi connectivity index (χ2n) is 6.31. The first-order valence-electron chi connectivity index (χ1n) is 8.43. The number of halogens is 3. The number of carbonyl (C=O) groups excluding carboxylic acids is 2. The van der Waals surface area contributed by atoms with Gasteiger partial charge in [0.2, 0.25) is 0 Å². The van der Waals surface area contributed by atoms with Crippen LogP contribution in [0.3, 0.4) is 0 Å². The SMILES string of the molecule is Cc1cc(C)cc(OCC(=O)O[C@@H](C)C(=O)Nc2ccc(C(F)(F)F)cc2)c1. The monoisotopic (exact) mass is 395 g/mol. The number of ether oxygens (including phenoxy) is 2. The van der Waals surface area contributed by atoms with Crippen LogP contribution < -0.4 is 10.1 Å². The Morgan fingerprint density at radius 2 is 1.61 bits per heavy atom. The van der Waals surface area contributed by atoms with Gasteiger partial charge in [-0.15, -0.1) is 0 Å². The zero-order chi connectivity index (χ0) is 20.9. The first-order valence-corrected chi connectivity index (χ1v) is 8.43. The summed E-state index contributed by atoms with van der Waals surface area (Å²) in [5.74, 6) is -0.898. The number of benzene rings is 2. The molecule has 8 heteroatoms. The van der Waals surface area contributed by atoms with Crippen molar-refractivity contribution in [3.63, 3.8) is 0 Å². The van der Waals surface area contributed by atoms with E-state index in [1.54, 1.807) is 12.1 Å². The quantitative estimate of drug-likeness (QED) is 0.742. The molecule has 0 unspecified atom stereocenters. The van der Waals surface area contributed by atoms with Crippen LogP contribution in [0.4, 0.5) is 18.9 Å². The summed E-state index contributed by atoms with van der Waals surface area (Å²) in [4.78, 5) is 23.9. The molecule has 0 fully saturated rings. The fourth-order valence-corrected chi connectivity index (χ4v) is 2.43. The van der Waals surface area contributed by atoms with Crippen molar-refractivity contribution in [1.82, 2.24) is 0 Å². The van der Waals surface area contributed by atoms with E-state index in [-0.39, 0.29) is 12.3 Å². The van der Waals surface area contributed by atoms with Gasteiger partial charge in [-0.3, -0.25) is 4.79 Å². The molecule has 0 saturated heterocycles. The smallest absolute Gasteiger partial charge is 0.416 e. The van der Waals surface area contributed by atoms with Gasteiger partial charge in [-0.25, -0.2) is 4.79 Å². The Morgan fingerprint density at radius 1 is 1.04 bits per heavy atom. The van der Waals surface area contributed by atoms with Crippen LogP contribution >= 0.6 is 0 Å². The molecule has 0 aliphatic rings. The molecule has 1 atom stereocenters. The normalized spacial score (nSPS) is 12.2. The minimum absolute atomic E-state index is 0.160. The number of amides is 1. The summed E-state index contributed by atoms with van der Waals surface area (Å²) >= 11 is 0. The van der Waals surface area contributed by atoms with Gasteiger partial charge in [0.15, 0.2) is 12.7 Å². The number of hydrogen-bond acceptors (Lipinski definition) is 4. The first-order chi connectivity index (χ1) is 13.0. The number of alkyl halides is 3. The number of rotatable bonds is 6. The van der Waals surface area contributed by atoms with Crippen LogP contribution in [-0.2, 0) is 20.5 Å². The molecule has 0 radical (unpaired) electrons. The van der Waals surface area contributed by atoms with E-state index in [4.69, 9.17) is 9.47 Å². The Balaban J connectivity index is 1.85. The lowest BCUT2D eigenvalue weighted by atomic mass is 10.1. The Hall–Kier alpha value is -3.03. The summed E-state index contributed by atoms with van der Waals surface area (Å²) in [6, 6.07) is 9.44. The van der Waals surface area contributed by atoms with Crippen LogP contribution in [0.5, 0.6) is 5.75 Å². The van der Waals surface area contributed by atoms with Crippen molar-refractivity contribution >= 4 is 17.6 Å². The standard InChI is InChI=1S/C20H20F3NO4/c1-12-8-13(2)10-17(9-12)27-11-18(25)28-14(3)19(26)24-16-6-4-15(5-7-16)20(21,22)23/h4-10,14H,11H2,1-3H3,(H,24,26)/t14-/m0/s1. The maximum atomic E-state index is 12.5. The van der Waals surface area contributed by atoms with Crippen molar-refractivity contribution in [2.75, 3.05) is 11.9 Å². The predicted octanol–water partition coefficient (Wildman–Crippen LogP) is 4.27. The Labute approximate surface area is 160 Å². The van der Waals surface area contributed by atoms with E-state index < -0.39 is 29.7 Å². The third-order valence-electron chi connectivity index (χ3n) is 3.71. The summed E-state index contributed by atoms with van der Waals surface area (Å²) in [7, 11) is 0. The van der Waals surface area contributed by atoms with E-state index in [1.165, 1.54) is 6.92 Å². The summed E-state index contributed by atoms with van der Waals surface area (Å²) in [5, 5.41) is 2.39. The average Bonchev–Trinajstić information content (AvgIpc) is 2.58. The van der Waals surface area contributed by atoms with Gasteiger partial charge in [-0.2, -0.15) is 13.2 Å². The van der Waals surface area contributed by atoms with Gasteiger partial charge in [-0.1, -0.05) is 6.07 Å². The van der Waals surface area contributed by atoms with Crippen LogP contribution in [0.15, 0.2) is 42.5 Å². The van der Waals surface area contributed by atoms with Crippen LogP contribution in [0.1, 0.15) is 23.6 Å². The van der Waals surface area contributed by atoms with Crippen molar-refractivity contribution in [2.24, 2.45) is 0 Å². The summed E-state index contributed by atoms with van der Waals surface area (Å²) in [6.07, 6.45) is -5.60. The van der Waals surface area contributed by atoms with E-state index in [9.17, 15) is 22.8 Å². The lowest BCUT2D eigenvalue weighted by Crippen LogP contribution is -2.31. The molecule has 0 bridgehead atoms. The van der Waals surface area contributed by atoms with Gasteiger partial charge in [0, 0.05) is 5.69 Å². The average molecular weight is 395 g/mol. The maximum absolute atomic E-state index is 12.5. The van der Waals surface area contributed by atoms with Crippen molar-refractivity contribution in [2.45, 2.75) is 33.1 Å². The molecule has 150 valence electrons. The number of aryl methyl sites for hydroxylation is 2. The Kier molecular flexibility index (Phi) is 6.66. The van der Waals surface area contributed by atoms with Crippen molar-refractivity contribution in [1.29, 1.82) is 0 Å². The lowest BCUT2D eigenvalue weighted by molar-refractivity contribution is -0.155. The topological polar surface area (TPSA) is 64.6 Å². The van der Waals surface area contributed by atoms with Crippen LogP contribution in [0.2, 0.25) is 0 Å². The molecule has 28 heavy (non-hydrogen) atoms. The molecule has 0 saturated carbocycles. The highest BCUT2D eigenvalue weighted by atomic mass is 19.4. The zero-order valence-electron chi connectivity index (χ0n) is 15.6.